The number of ketones is 2. The van der Waals surface area contributed by atoms with Crippen LogP contribution in [-0.4, -0.2) is 11.6 Å². The van der Waals surface area contributed by atoms with Gasteiger partial charge in [-0.05, 0) is 47.5 Å². The minimum Gasteiger partial charge on any atom is -0.455 e. The van der Waals surface area contributed by atoms with Crippen LogP contribution in [0.1, 0.15) is 43.0 Å². The lowest BCUT2D eigenvalue weighted by molar-refractivity contribution is 0.0979. The van der Waals surface area contributed by atoms with Crippen molar-refractivity contribution >= 4 is 35.5 Å². The monoisotopic (exact) mass is 432 g/mol. The van der Waals surface area contributed by atoms with E-state index < -0.39 is 0 Å². The fourth-order valence-electron chi connectivity index (χ4n) is 4.06. The van der Waals surface area contributed by atoms with Crippen LogP contribution in [0.2, 0.25) is 0 Å². The zero-order valence-corrected chi connectivity index (χ0v) is 17.7. The number of hydrogen-bond donors (Lipinski definition) is 0. The third-order valence-electron chi connectivity index (χ3n) is 5.67. The Morgan fingerprint density at radius 1 is 0.562 bits per heavy atom. The van der Waals surface area contributed by atoms with E-state index in [1.165, 1.54) is 0 Å². The van der Waals surface area contributed by atoms with Crippen LogP contribution in [0, 0.1) is 0 Å². The number of fused-ring (bicyclic) bond motifs is 4. The smallest absolute Gasteiger partial charge is 0.194 e. The van der Waals surface area contributed by atoms with Gasteiger partial charge in [-0.15, -0.1) is 0 Å². The van der Waals surface area contributed by atoms with E-state index >= 15 is 0 Å². The maximum absolute atomic E-state index is 12.9. The highest BCUT2D eigenvalue weighted by atomic mass is 32.2. The van der Waals surface area contributed by atoms with E-state index in [0.717, 1.165) is 32.4 Å². The summed E-state index contributed by atoms with van der Waals surface area (Å²) < 4.78 is 6.07. The van der Waals surface area contributed by atoms with Crippen molar-refractivity contribution < 1.29 is 14.3 Å². The third kappa shape index (κ3) is 3.08. The molecule has 0 fully saturated rings. The van der Waals surface area contributed by atoms with E-state index in [4.69, 9.17) is 4.74 Å². The molecule has 32 heavy (non-hydrogen) atoms. The van der Waals surface area contributed by atoms with Gasteiger partial charge in [0, 0.05) is 22.3 Å². The quantitative estimate of drug-likeness (QED) is 0.280. The molecule has 4 heteroatoms. The number of hydrogen-bond acceptors (Lipinski definition) is 4. The van der Waals surface area contributed by atoms with Crippen molar-refractivity contribution in [2.75, 3.05) is 0 Å². The standard InChI is InChI=1S/C28H16O3S/c29-27-19-5-1-2-6-20(19)28(30)22-15-17(11-13-21(22)27)9-10-18-12-14-26-24(16-18)31-23-7-3-4-8-25(23)32-26/h1-16H/b10-9+. The fourth-order valence-corrected chi connectivity index (χ4v) is 4.99. The Morgan fingerprint density at radius 2 is 1.16 bits per heavy atom. The van der Waals surface area contributed by atoms with E-state index in [0.29, 0.717) is 22.3 Å². The van der Waals surface area contributed by atoms with E-state index in [1.54, 1.807) is 48.2 Å². The van der Waals surface area contributed by atoms with Crippen molar-refractivity contribution in [2.24, 2.45) is 0 Å². The molecule has 4 aromatic carbocycles. The molecule has 1 aliphatic heterocycles. The zero-order chi connectivity index (χ0) is 21.7. The summed E-state index contributed by atoms with van der Waals surface area (Å²) in [5.74, 6) is 1.49. The molecular weight excluding hydrogens is 416 g/mol. The van der Waals surface area contributed by atoms with Crippen molar-refractivity contribution in [1.29, 1.82) is 0 Å². The van der Waals surface area contributed by atoms with Crippen LogP contribution in [0.5, 0.6) is 11.5 Å². The van der Waals surface area contributed by atoms with Gasteiger partial charge in [0.1, 0.15) is 11.5 Å². The van der Waals surface area contributed by atoms with Crippen LogP contribution in [0.25, 0.3) is 12.2 Å². The van der Waals surface area contributed by atoms with Crippen molar-refractivity contribution in [3.8, 4) is 11.5 Å². The topological polar surface area (TPSA) is 43.4 Å². The van der Waals surface area contributed by atoms with Crippen molar-refractivity contribution in [1.82, 2.24) is 0 Å². The minimum atomic E-state index is -0.108. The maximum Gasteiger partial charge on any atom is 0.194 e. The molecule has 152 valence electrons. The lowest BCUT2D eigenvalue weighted by atomic mass is 9.83. The summed E-state index contributed by atoms with van der Waals surface area (Å²) in [6, 6.07) is 26.5. The molecule has 0 atom stereocenters. The van der Waals surface area contributed by atoms with Gasteiger partial charge in [-0.3, -0.25) is 9.59 Å². The molecule has 0 unspecified atom stereocenters. The number of carbonyl (C=O) groups excluding carboxylic acids is 2. The SMILES string of the molecule is O=C1c2ccccc2C(=O)c2cc(/C=C/c3ccc4c(c3)Oc3ccccc3S4)ccc21. The third-order valence-corrected chi connectivity index (χ3v) is 6.79. The molecule has 2 aliphatic rings. The Kier molecular flexibility index (Phi) is 4.33. The molecule has 6 rings (SSSR count). The van der Waals surface area contributed by atoms with Crippen LogP contribution in [0.3, 0.4) is 0 Å². The van der Waals surface area contributed by atoms with Gasteiger partial charge in [0.15, 0.2) is 11.6 Å². The van der Waals surface area contributed by atoms with Crippen molar-refractivity contribution in [3.63, 3.8) is 0 Å². The molecule has 1 aliphatic carbocycles. The first-order valence-electron chi connectivity index (χ1n) is 10.3. The average Bonchev–Trinajstić information content (AvgIpc) is 2.84. The summed E-state index contributed by atoms with van der Waals surface area (Å²) in [4.78, 5) is 27.9. The Balaban J connectivity index is 1.30. The number of carbonyl (C=O) groups is 2. The first kappa shape index (κ1) is 18.8. The van der Waals surface area contributed by atoms with Crippen LogP contribution in [0.4, 0.5) is 0 Å². The van der Waals surface area contributed by atoms with E-state index in [9.17, 15) is 9.59 Å². The van der Waals surface area contributed by atoms with Crippen molar-refractivity contribution in [2.45, 2.75) is 9.79 Å². The summed E-state index contributed by atoms with van der Waals surface area (Å²) in [6.45, 7) is 0. The predicted octanol–water partition coefficient (Wildman–Crippen LogP) is 6.89. The maximum atomic E-state index is 12.9. The normalized spacial score (nSPS) is 13.8. The summed E-state index contributed by atoms with van der Waals surface area (Å²) in [5.41, 5.74) is 3.72. The number of benzene rings is 4. The van der Waals surface area contributed by atoms with Crippen LogP contribution in [0.15, 0.2) is 94.7 Å². The number of para-hydroxylation sites is 1. The van der Waals surface area contributed by atoms with Crippen LogP contribution >= 0.6 is 11.8 Å². The highest BCUT2D eigenvalue weighted by Gasteiger charge is 2.29. The lowest BCUT2D eigenvalue weighted by Crippen LogP contribution is -2.20. The number of ether oxygens (including phenoxy) is 1. The van der Waals surface area contributed by atoms with Crippen molar-refractivity contribution in [3.05, 3.63) is 118 Å². The van der Waals surface area contributed by atoms with Gasteiger partial charge in [-0.25, -0.2) is 0 Å². The minimum absolute atomic E-state index is 0.102. The van der Waals surface area contributed by atoms with E-state index in [-0.39, 0.29) is 11.6 Å². The molecule has 4 aromatic rings. The van der Waals surface area contributed by atoms with Gasteiger partial charge in [0.25, 0.3) is 0 Å². The molecule has 0 saturated carbocycles. The molecule has 0 saturated heterocycles. The summed E-state index contributed by atoms with van der Waals surface area (Å²) in [7, 11) is 0. The fraction of sp³-hybridized carbons (Fsp3) is 0. The zero-order valence-electron chi connectivity index (χ0n) is 16.9. The predicted molar refractivity (Wildman–Crippen MR) is 126 cm³/mol. The second-order valence-corrected chi connectivity index (χ2v) is 8.78. The average molecular weight is 433 g/mol. The van der Waals surface area contributed by atoms with Crippen LogP contribution in [-0.2, 0) is 0 Å². The first-order valence-corrected chi connectivity index (χ1v) is 11.1. The number of rotatable bonds is 2. The Morgan fingerprint density at radius 3 is 1.97 bits per heavy atom. The van der Waals surface area contributed by atoms with Gasteiger partial charge in [-0.1, -0.05) is 72.4 Å². The van der Waals surface area contributed by atoms with E-state index in [1.807, 2.05) is 48.6 Å². The second-order valence-electron chi connectivity index (χ2n) is 7.70. The van der Waals surface area contributed by atoms with Gasteiger partial charge in [0.05, 0.1) is 9.79 Å². The Hall–Kier alpha value is -3.89. The molecule has 0 amide bonds. The van der Waals surface area contributed by atoms with Gasteiger partial charge >= 0.3 is 0 Å². The second kappa shape index (κ2) is 7.36. The summed E-state index contributed by atoms with van der Waals surface area (Å²) >= 11 is 1.70. The highest BCUT2D eigenvalue weighted by Crippen LogP contribution is 2.47. The highest BCUT2D eigenvalue weighted by molar-refractivity contribution is 7.99. The molecule has 0 aromatic heterocycles. The molecule has 0 bridgehead atoms. The molecule has 0 radical (unpaired) electrons. The lowest BCUT2D eigenvalue weighted by Gasteiger charge is -2.19. The summed E-state index contributed by atoms with van der Waals surface area (Å²) in [5, 5.41) is 0. The first-order chi connectivity index (χ1) is 15.7. The van der Waals surface area contributed by atoms with E-state index in [2.05, 4.69) is 12.1 Å². The molecule has 0 N–H and O–H groups in total. The molecule has 1 heterocycles. The van der Waals surface area contributed by atoms with Gasteiger partial charge in [0.2, 0.25) is 0 Å². The van der Waals surface area contributed by atoms with Crippen LogP contribution < -0.4 is 4.74 Å². The van der Waals surface area contributed by atoms with Gasteiger partial charge < -0.3 is 4.74 Å². The molecule has 3 nitrogen and oxygen atoms in total. The molecule has 0 spiro atoms. The Bertz CT molecular complexity index is 1470. The summed E-state index contributed by atoms with van der Waals surface area (Å²) in [6.07, 6.45) is 3.93. The largest absolute Gasteiger partial charge is 0.455 e. The Labute approximate surface area is 189 Å². The molecular formula is C28H16O3S. The van der Waals surface area contributed by atoms with Gasteiger partial charge in [-0.2, -0.15) is 0 Å².